The Bertz CT molecular complexity index is 350. The molecular weight excluding hydrogens is 218 g/mol. The molecule has 1 amide bonds. The summed E-state index contributed by atoms with van der Waals surface area (Å²) in [6.45, 7) is 3.45. The van der Waals surface area contributed by atoms with Crippen molar-refractivity contribution in [2.24, 2.45) is 0 Å². The van der Waals surface area contributed by atoms with Crippen LogP contribution in [0.15, 0.2) is 10.8 Å². The topological polar surface area (TPSA) is 20.3 Å². The molecule has 1 fully saturated rings. The highest BCUT2D eigenvalue weighted by Gasteiger charge is 2.26. The molecule has 0 bridgehead atoms. The lowest BCUT2D eigenvalue weighted by molar-refractivity contribution is 0.0793. The van der Waals surface area contributed by atoms with Crippen LogP contribution in [0.1, 0.15) is 22.3 Å². The van der Waals surface area contributed by atoms with Crippen LogP contribution in [0.5, 0.6) is 0 Å². The number of nitrogens with zero attached hydrogens (tertiary/aromatic N) is 1. The maximum absolute atomic E-state index is 11.9. The van der Waals surface area contributed by atoms with E-state index in [1.54, 1.807) is 11.3 Å². The van der Waals surface area contributed by atoms with Crippen molar-refractivity contribution in [2.75, 3.05) is 13.1 Å². The largest absolute Gasteiger partial charge is 0.337 e. The highest BCUT2D eigenvalue weighted by atomic mass is 35.5. The highest BCUT2D eigenvalue weighted by Crippen LogP contribution is 2.21. The molecule has 76 valence electrons. The van der Waals surface area contributed by atoms with Gasteiger partial charge < -0.3 is 4.90 Å². The molecule has 2 rings (SSSR count). The monoisotopic (exact) mass is 229 g/mol. The van der Waals surface area contributed by atoms with Gasteiger partial charge in [0.25, 0.3) is 5.91 Å². The van der Waals surface area contributed by atoms with Crippen molar-refractivity contribution in [1.82, 2.24) is 4.90 Å². The molecule has 1 aliphatic heterocycles. The standard InChI is InChI=1S/C10H12ClNOS/c1-7-5-14-6-9(7)10(13)12-3-2-8(11)4-12/h5-6,8H,2-4H2,1H3. The predicted octanol–water partition coefficient (Wildman–Crippen LogP) is 2.51. The number of thiophene rings is 1. The van der Waals surface area contributed by atoms with Crippen LogP contribution < -0.4 is 0 Å². The summed E-state index contributed by atoms with van der Waals surface area (Å²) in [5.41, 5.74) is 1.90. The van der Waals surface area contributed by atoms with E-state index in [9.17, 15) is 4.79 Å². The third kappa shape index (κ3) is 1.79. The molecule has 0 N–H and O–H groups in total. The van der Waals surface area contributed by atoms with Crippen molar-refractivity contribution < 1.29 is 4.79 Å². The Morgan fingerprint density at radius 1 is 1.64 bits per heavy atom. The van der Waals surface area contributed by atoms with Gasteiger partial charge in [0.05, 0.1) is 10.9 Å². The lowest BCUT2D eigenvalue weighted by Crippen LogP contribution is -2.28. The Kier molecular flexibility index (Phi) is 2.79. The quantitative estimate of drug-likeness (QED) is 0.678. The lowest BCUT2D eigenvalue weighted by Gasteiger charge is -2.14. The van der Waals surface area contributed by atoms with E-state index < -0.39 is 0 Å². The van der Waals surface area contributed by atoms with Crippen LogP contribution in [0.4, 0.5) is 0 Å². The summed E-state index contributed by atoms with van der Waals surface area (Å²) >= 11 is 7.53. The SMILES string of the molecule is Cc1cscc1C(=O)N1CCC(Cl)C1. The van der Waals surface area contributed by atoms with E-state index in [0.717, 1.165) is 24.1 Å². The summed E-state index contributed by atoms with van der Waals surface area (Å²) in [5.74, 6) is 0.131. The van der Waals surface area contributed by atoms with E-state index in [1.807, 2.05) is 22.6 Å². The second-order valence-electron chi connectivity index (χ2n) is 3.61. The van der Waals surface area contributed by atoms with Crippen LogP contribution in [0.25, 0.3) is 0 Å². The van der Waals surface area contributed by atoms with Gasteiger partial charge in [-0.15, -0.1) is 11.6 Å². The number of alkyl halides is 1. The number of hydrogen-bond donors (Lipinski definition) is 0. The average Bonchev–Trinajstić information content (AvgIpc) is 2.73. The molecule has 1 aliphatic rings. The number of likely N-dealkylation sites (tertiary alicyclic amines) is 1. The zero-order chi connectivity index (χ0) is 10.1. The van der Waals surface area contributed by atoms with Crippen molar-refractivity contribution in [1.29, 1.82) is 0 Å². The molecule has 2 nitrogen and oxygen atoms in total. The maximum Gasteiger partial charge on any atom is 0.255 e. The molecule has 1 aromatic heterocycles. The summed E-state index contributed by atoms with van der Waals surface area (Å²) in [7, 11) is 0. The van der Waals surface area contributed by atoms with Gasteiger partial charge in [-0.3, -0.25) is 4.79 Å². The Labute approximate surface area is 92.5 Å². The van der Waals surface area contributed by atoms with Crippen LogP contribution in [-0.2, 0) is 0 Å². The molecule has 1 aromatic rings. The fraction of sp³-hybridized carbons (Fsp3) is 0.500. The molecular formula is C10H12ClNOS. The number of aryl methyl sites for hydroxylation is 1. The van der Waals surface area contributed by atoms with Crippen LogP contribution in [0.2, 0.25) is 0 Å². The van der Waals surface area contributed by atoms with Crippen LogP contribution in [-0.4, -0.2) is 29.3 Å². The summed E-state index contributed by atoms with van der Waals surface area (Å²) in [4.78, 5) is 13.8. The van der Waals surface area contributed by atoms with E-state index in [0.29, 0.717) is 6.54 Å². The first-order valence-electron chi connectivity index (χ1n) is 4.64. The van der Waals surface area contributed by atoms with Gasteiger partial charge in [-0.2, -0.15) is 11.3 Å². The Morgan fingerprint density at radius 2 is 2.43 bits per heavy atom. The molecule has 0 saturated carbocycles. The average molecular weight is 230 g/mol. The van der Waals surface area contributed by atoms with Crippen LogP contribution in [0.3, 0.4) is 0 Å². The summed E-state index contributed by atoms with van der Waals surface area (Å²) in [6.07, 6.45) is 0.913. The van der Waals surface area contributed by atoms with Gasteiger partial charge in [-0.25, -0.2) is 0 Å². The fourth-order valence-electron chi connectivity index (χ4n) is 1.65. The Morgan fingerprint density at radius 3 is 2.93 bits per heavy atom. The number of halogens is 1. The second kappa shape index (κ2) is 3.91. The first-order valence-corrected chi connectivity index (χ1v) is 6.02. The van der Waals surface area contributed by atoms with Gasteiger partial charge in [0.1, 0.15) is 0 Å². The van der Waals surface area contributed by atoms with Crippen molar-refractivity contribution in [2.45, 2.75) is 18.7 Å². The summed E-state index contributed by atoms with van der Waals surface area (Å²) in [6, 6.07) is 0. The van der Waals surface area contributed by atoms with E-state index in [1.165, 1.54) is 0 Å². The van der Waals surface area contributed by atoms with Crippen molar-refractivity contribution in [3.8, 4) is 0 Å². The van der Waals surface area contributed by atoms with E-state index in [-0.39, 0.29) is 11.3 Å². The first kappa shape index (κ1) is 9.99. The fourth-order valence-corrected chi connectivity index (χ4v) is 2.74. The second-order valence-corrected chi connectivity index (χ2v) is 4.97. The molecule has 1 unspecified atom stereocenters. The number of hydrogen-bond acceptors (Lipinski definition) is 2. The summed E-state index contributed by atoms with van der Waals surface area (Å²) < 4.78 is 0. The smallest absolute Gasteiger partial charge is 0.255 e. The Hall–Kier alpha value is -0.540. The summed E-state index contributed by atoms with van der Waals surface area (Å²) in [5, 5.41) is 4.05. The molecule has 0 aromatic carbocycles. The minimum atomic E-state index is 0.131. The molecule has 2 heterocycles. The normalized spacial score (nSPS) is 21.6. The van der Waals surface area contributed by atoms with Gasteiger partial charge in [-0.05, 0) is 24.3 Å². The third-order valence-electron chi connectivity index (χ3n) is 2.50. The minimum Gasteiger partial charge on any atom is -0.337 e. The molecule has 0 spiro atoms. The van der Waals surface area contributed by atoms with E-state index in [4.69, 9.17) is 11.6 Å². The highest BCUT2D eigenvalue weighted by molar-refractivity contribution is 7.08. The molecule has 4 heteroatoms. The molecule has 0 radical (unpaired) electrons. The first-order chi connectivity index (χ1) is 6.68. The van der Waals surface area contributed by atoms with Gasteiger partial charge in [0.2, 0.25) is 0 Å². The number of amides is 1. The zero-order valence-electron chi connectivity index (χ0n) is 8.00. The zero-order valence-corrected chi connectivity index (χ0v) is 9.57. The number of rotatable bonds is 1. The van der Waals surface area contributed by atoms with Gasteiger partial charge in [-0.1, -0.05) is 0 Å². The maximum atomic E-state index is 11.9. The van der Waals surface area contributed by atoms with Gasteiger partial charge in [0, 0.05) is 18.5 Å². The molecule has 14 heavy (non-hydrogen) atoms. The van der Waals surface area contributed by atoms with Gasteiger partial charge >= 0.3 is 0 Å². The van der Waals surface area contributed by atoms with E-state index in [2.05, 4.69) is 0 Å². The molecule has 1 atom stereocenters. The molecule has 1 saturated heterocycles. The minimum absolute atomic E-state index is 0.131. The van der Waals surface area contributed by atoms with Crippen LogP contribution >= 0.6 is 22.9 Å². The van der Waals surface area contributed by atoms with Crippen LogP contribution in [0, 0.1) is 6.92 Å². The van der Waals surface area contributed by atoms with Crippen molar-refractivity contribution in [3.63, 3.8) is 0 Å². The third-order valence-corrected chi connectivity index (χ3v) is 3.72. The van der Waals surface area contributed by atoms with Gasteiger partial charge in [0.15, 0.2) is 0 Å². The Balaban J connectivity index is 2.13. The van der Waals surface area contributed by atoms with Crippen molar-refractivity contribution >= 4 is 28.8 Å². The number of carbonyl (C=O) groups is 1. The number of carbonyl (C=O) groups excluding carboxylic acids is 1. The lowest BCUT2D eigenvalue weighted by atomic mass is 10.2. The van der Waals surface area contributed by atoms with Crippen molar-refractivity contribution in [3.05, 3.63) is 21.9 Å². The predicted molar refractivity (Wildman–Crippen MR) is 59.2 cm³/mol. The van der Waals surface area contributed by atoms with E-state index >= 15 is 0 Å². The molecule has 0 aliphatic carbocycles.